The summed E-state index contributed by atoms with van der Waals surface area (Å²) in [5, 5.41) is 0. The highest BCUT2D eigenvalue weighted by molar-refractivity contribution is 5.93. The molecule has 0 N–H and O–H groups in total. The molecule has 2 heteroatoms. The number of likely N-dealkylation sites (N-methyl/N-ethyl adjacent to an activating group) is 1. The van der Waals surface area contributed by atoms with Crippen LogP contribution in [0.15, 0.2) is 23.8 Å². The van der Waals surface area contributed by atoms with E-state index in [2.05, 4.69) is 20.4 Å². The molecule has 0 aromatic heterocycles. The van der Waals surface area contributed by atoms with Crippen LogP contribution < -0.4 is 0 Å². The molecule has 0 rings (SSSR count). The lowest BCUT2D eigenvalue weighted by Crippen LogP contribution is -2.28. The van der Waals surface area contributed by atoms with Crippen LogP contribution in [0.4, 0.5) is 0 Å². The van der Waals surface area contributed by atoms with Crippen LogP contribution in [0, 0.1) is 0 Å². The van der Waals surface area contributed by atoms with Crippen LogP contribution in [-0.2, 0) is 4.79 Å². The third kappa shape index (κ3) is 5.40. The fourth-order valence-corrected chi connectivity index (χ4v) is 1.50. The molecule has 0 atom stereocenters. The lowest BCUT2D eigenvalue weighted by Gasteiger charge is -2.16. The van der Waals surface area contributed by atoms with Gasteiger partial charge in [-0.25, -0.2) is 0 Å². The summed E-state index contributed by atoms with van der Waals surface area (Å²) in [7, 11) is 1.84. The Hall–Kier alpha value is -1.05. The summed E-state index contributed by atoms with van der Waals surface area (Å²) in [6.45, 7) is 10.8. The maximum absolute atomic E-state index is 11.8. The number of nitrogens with zero attached hydrogens (tertiary/aromatic N) is 1. The van der Waals surface area contributed by atoms with Crippen molar-refractivity contribution in [2.45, 2.75) is 40.0 Å². The summed E-state index contributed by atoms with van der Waals surface area (Å²) in [4.78, 5) is 13.5. The molecule has 15 heavy (non-hydrogen) atoms. The first-order chi connectivity index (χ1) is 7.02. The molecule has 2 nitrogen and oxygen atoms in total. The molecular weight excluding hydrogens is 186 g/mol. The van der Waals surface area contributed by atoms with Gasteiger partial charge in [-0.05, 0) is 19.8 Å². The maximum atomic E-state index is 11.8. The zero-order valence-electron chi connectivity index (χ0n) is 10.5. The first-order valence-electron chi connectivity index (χ1n) is 5.64. The quantitative estimate of drug-likeness (QED) is 0.486. The van der Waals surface area contributed by atoms with Gasteiger partial charge in [-0.2, -0.15) is 0 Å². The molecule has 0 saturated heterocycles. The molecule has 0 aromatic carbocycles. The third-order valence-electron chi connectivity index (χ3n) is 2.23. The summed E-state index contributed by atoms with van der Waals surface area (Å²) in [5.41, 5.74) is 1.82. The van der Waals surface area contributed by atoms with Crippen molar-refractivity contribution in [3.63, 3.8) is 0 Å². The maximum Gasteiger partial charge on any atom is 0.249 e. The van der Waals surface area contributed by atoms with Gasteiger partial charge >= 0.3 is 0 Å². The highest BCUT2D eigenvalue weighted by Gasteiger charge is 2.09. The van der Waals surface area contributed by atoms with E-state index in [1.807, 2.05) is 20.0 Å². The topological polar surface area (TPSA) is 20.3 Å². The molecule has 86 valence electrons. The number of carbonyl (C=O) groups is 1. The summed E-state index contributed by atoms with van der Waals surface area (Å²) < 4.78 is 0. The summed E-state index contributed by atoms with van der Waals surface area (Å²) in [5.74, 6) is 0.106. The Morgan fingerprint density at radius 3 is 2.40 bits per heavy atom. The van der Waals surface area contributed by atoms with Gasteiger partial charge in [-0.1, -0.05) is 38.5 Å². The number of hydrogen-bond acceptors (Lipinski definition) is 1. The third-order valence-corrected chi connectivity index (χ3v) is 2.23. The van der Waals surface area contributed by atoms with E-state index in [9.17, 15) is 4.79 Å². The van der Waals surface area contributed by atoms with Crippen LogP contribution in [0.25, 0.3) is 0 Å². The molecular formula is C13H23NO. The summed E-state index contributed by atoms with van der Waals surface area (Å²) in [6.07, 6.45) is 4.92. The standard InChI is InChI=1S/C13H23NO/c1-6-8-11(3)10-12(4)13(15)14(5)9-7-2/h10H,3,6-9H2,1-2,4-5H3/b12-10+. The van der Waals surface area contributed by atoms with E-state index in [1.165, 1.54) is 0 Å². The number of allylic oxidation sites excluding steroid dienone is 2. The van der Waals surface area contributed by atoms with Crippen LogP contribution in [0.3, 0.4) is 0 Å². The van der Waals surface area contributed by atoms with Crippen molar-refractivity contribution in [2.75, 3.05) is 13.6 Å². The minimum atomic E-state index is 0.106. The van der Waals surface area contributed by atoms with Crippen LogP contribution in [-0.4, -0.2) is 24.4 Å². The van der Waals surface area contributed by atoms with E-state index < -0.39 is 0 Å². The van der Waals surface area contributed by atoms with E-state index >= 15 is 0 Å². The van der Waals surface area contributed by atoms with Crippen molar-refractivity contribution in [3.05, 3.63) is 23.8 Å². The van der Waals surface area contributed by atoms with Crippen LogP contribution in [0.2, 0.25) is 0 Å². The molecule has 0 aliphatic heterocycles. The van der Waals surface area contributed by atoms with Crippen molar-refractivity contribution >= 4 is 5.91 Å². The molecule has 0 aliphatic rings. The van der Waals surface area contributed by atoms with E-state index in [0.29, 0.717) is 0 Å². The number of carbonyl (C=O) groups excluding carboxylic acids is 1. The van der Waals surface area contributed by atoms with Crippen LogP contribution >= 0.6 is 0 Å². The SMILES string of the molecule is C=C(/C=C(\C)C(=O)N(C)CCC)CCC. The summed E-state index contributed by atoms with van der Waals surface area (Å²) >= 11 is 0. The average Bonchev–Trinajstić information content (AvgIpc) is 2.17. The van der Waals surface area contributed by atoms with E-state index in [-0.39, 0.29) is 5.91 Å². The second-order valence-corrected chi connectivity index (χ2v) is 3.96. The Labute approximate surface area is 93.7 Å². The van der Waals surface area contributed by atoms with Crippen molar-refractivity contribution in [2.24, 2.45) is 0 Å². The second-order valence-electron chi connectivity index (χ2n) is 3.96. The van der Waals surface area contributed by atoms with Gasteiger partial charge in [-0.15, -0.1) is 0 Å². The highest BCUT2D eigenvalue weighted by Crippen LogP contribution is 2.09. The largest absolute Gasteiger partial charge is 0.342 e. The monoisotopic (exact) mass is 209 g/mol. The van der Waals surface area contributed by atoms with Crippen molar-refractivity contribution < 1.29 is 4.79 Å². The molecule has 0 saturated carbocycles. The molecule has 0 heterocycles. The molecule has 0 aliphatic carbocycles. The Morgan fingerprint density at radius 2 is 1.93 bits per heavy atom. The van der Waals surface area contributed by atoms with E-state index in [0.717, 1.165) is 37.0 Å². The fourth-order valence-electron chi connectivity index (χ4n) is 1.50. The van der Waals surface area contributed by atoms with Gasteiger partial charge in [0.25, 0.3) is 0 Å². The van der Waals surface area contributed by atoms with Gasteiger partial charge in [0.1, 0.15) is 0 Å². The molecule has 0 spiro atoms. The normalized spacial score (nSPS) is 11.3. The molecule has 0 unspecified atom stereocenters. The van der Waals surface area contributed by atoms with Crippen molar-refractivity contribution in [1.29, 1.82) is 0 Å². The van der Waals surface area contributed by atoms with Gasteiger partial charge in [0, 0.05) is 19.2 Å². The van der Waals surface area contributed by atoms with Gasteiger partial charge in [0.15, 0.2) is 0 Å². The van der Waals surface area contributed by atoms with Crippen LogP contribution in [0.1, 0.15) is 40.0 Å². The van der Waals surface area contributed by atoms with E-state index in [1.54, 1.807) is 4.90 Å². The first kappa shape index (κ1) is 13.9. The second kappa shape index (κ2) is 7.27. The number of hydrogen-bond donors (Lipinski definition) is 0. The molecule has 0 bridgehead atoms. The number of rotatable bonds is 6. The number of amides is 1. The predicted molar refractivity (Wildman–Crippen MR) is 65.7 cm³/mol. The van der Waals surface area contributed by atoms with Crippen molar-refractivity contribution in [1.82, 2.24) is 4.90 Å². The fraction of sp³-hybridized carbons (Fsp3) is 0.615. The lowest BCUT2D eigenvalue weighted by molar-refractivity contribution is -0.125. The zero-order valence-corrected chi connectivity index (χ0v) is 10.5. The Kier molecular flexibility index (Phi) is 6.76. The van der Waals surface area contributed by atoms with Gasteiger partial charge < -0.3 is 4.90 Å². The first-order valence-corrected chi connectivity index (χ1v) is 5.64. The van der Waals surface area contributed by atoms with E-state index in [4.69, 9.17) is 0 Å². The lowest BCUT2D eigenvalue weighted by atomic mass is 10.1. The molecule has 0 fully saturated rings. The zero-order chi connectivity index (χ0) is 11.8. The van der Waals surface area contributed by atoms with Gasteiger partial charge in [-0.3, -0.25) is 4.79 Å². The van der Waals surface area contributed by atoms with Gasteiger partial charge in [0.2, 0.25) is 5.91 Å². The Bertz CT molecular complexity index is 253. The average molecular weight is 209 g/mol. The molecule has 0 radical (unpaired) electrons. The summed E-state index contributed by atoms with van der Waals surface area (Å²) in [6, 6.07) is 0. The highest BCUT2D eigenvalue weighted by atomic mass is 16.2. The van der Waals surface area contributed by atoms with Gasteiger partial charge in [0.05, 0.1) is 0 Å². The molecule has 0 aromatic rings. The molecule has 1 amide bonds. The van der Waals surface area contributed by atoms with Crippen LogP contribution in [0.5, 0.6) is 0 Å². The Morgan fingerprint density at radius 1 is 1.33 bits per heavy atom. The predicted octanol–water partition coefficient (Wildman–Crippen LogP) is 3.16. The smallest absolute Gasteiger partial charge is 0.249 e. The Balaban J connectivity index is 4.36. The minimum Gasteiger partial charge on any atom is -0.342 e. The minimum absolute atomic E-state index is 0.106. The van der Waals surface area contributed by atoms with Crippen molar-refractivity contribution in [3.8, 4) is 0 Å².